The van der Waals surface area contributed by atoms with Crippen LogP contribution >= 0.6 is 0 Å². The fourth-order valence-electron chi connectivity index (χ4n) is 2.00. The van der Waals surface area contributed by atoms with Crippen LogP contribution in [0.15, 0.2) is 17.7 Å². The van der Waals surface area contributed by atoms with E-state index in [1.165, 1.54) is 13.1 Å². The van der Waals surface area contributed by atoms with E-state index in [1.54, 1.807) is 6.92 Å². The lowest BCUT2D eigenvalue weighted by molar-refractivity contribution is -0.398. The summed E-state index contributed by atoms with van der Waals surface area (Å²) in [7, 11) is 1.17. The van der Waals surface area contributed by atoms with Crippen LogP contribution in [0.4, 0.5) is 10.5 Å². The van der Waals surface area contributed by atoms with Gasteiger partial charge in [-0.1, -0.05) is 0 Å². The van der Waals surface area contributed by atoms with Crippen LogP contribution in [-0.2, 0) is 9.59 Å². The van der Waals surface area contributed by atoms with Crippen LogP contribution in [0, 0.1) is 10.1 Å². The molecule has 24 heavy (non-hydrogen) atoms. The zero-order chi connectivity index (χ0) is 18.0. The molecule has 0 spiro atoms. The number of nitrogens with zero attached hydrogens (tertiary/aromatic N) is 2. The third-order valence-corrected chi connectivity index (χ3v) is 3.17. The van der Waals surface area contributed by atoms with E-state index < -0.39 is 39.8 Å². The van der Waals surface area contributed by atoms with Gasteiger partial charge in [0.25, 0.3) is 17.5 Å². The molecule has 126 valence electrons. The number of urea groups is 1. The van der Waals surface area contributed by atoms with Crippen molar-refractivity contribution < 1.29 is 29.2 Å². The fourth-order valence-corrected chi connectivity index (χ4v) is 2.00. The Bertz CT molecular complexity index is 785. The molecule has 0 unspecified atom stereocenters. The SMILES string of the molecule is CCOc1cc(/C=C2\C(=O)NC(=O)N(C)C2=O)cc([N+](=O)[O-])c1[O-]. The van der Waals surface area contributed by atoms with E-state index in [0.717, 1.165) is 12.1 Å². The lowest BCUT2D eigenvalue weighted by Crippen LogP contribution is -2.52. The summed E-state index contributed by atoms with van der Waals surface area (Å²) >= 11 is 0. The number of ether oxygens (including phenoxy) is 1. The standard InChI is InChI=1S/C14H13N3O7/c1-3-24-10-6-7(5-9(11(10)18)17(22)23)4-8-12(19)15-14(21)16(2)13(8)20/h4-6,18H,3H2,1-2H3,(H,15,19,21)/p-1/b8-4+. The zero-order valence-corrected chi connectivity index (χ0v) is 12.7. The van der Waals surface area contributed by atoms with Gasteiger partial charge in [0.05, 0.1) is 11.5 Å². The zero-order valence-electron chi connectivity index (χ0n) is 12.7. The second-order valence-corrected chi connectivity index (χ2v) is 4.74. The van der Waals surface area contributed by atoms with Gasteiger partial charge in [-0.05, 0) is 24.6 Å². The number of barbiturate groups is 1. The van der Waals surface area contributed by atoms with E-state index in [-0.39, 0.29) is 17.9 Å². The average Bonchev–Trinajstić information content (AvgIpc) is 2.52. The smallest absolute Gasteiger partial charge is 0.331 e. The Balaban J connectivity index is 2.55. The van der Waals surface area contributed by atoms with Gasteiger partial charge in [-0.15, -0.1) is 0 Å². The molecule has 0 radical (unpaired) electrons. The van der Waals surface area contributed by atoms with Crippen molar-refractivity contribution in [2.24, 2.45) is 0 Å². The summed E-state index contributed by atoms with van der Waals surface area (Å²) in [6, 6.07) is 1.23. The molecule has 10 heteroatoms. The highest BCUT2D eigenvalue weighted by molar-refractivity contribution is 6.30. The maximum absolute atomic E-state index is 12.0. The molecule has 1 heterocycles. The van der Waals surface area contributed by atoms with Gasteiger partial charge in [0.2, 0.25) is 0 Å². The molecule has 0 bridgehead atoms. The van der Waals surface area contributed by atoms with Gasteiger partial charge in [-0.25, -0.2) is 4.79 Å². The molecular weight excluding hydrogens is 322 g/mol. The molecule has 10 nitrogen and oxygen atoms in total. The molecule has 1 aliphatic heterocycles. The lowest BCUT2D eigenvalue weighted by Gasteiger charge is -2.22. The van der Waals surface area contributed by atoms with Crippen molar-refractivity contribution >= 4 is 29.6 Å². The lowest BCUT2D eigenvalue weighted by atomic mass is 10.1. The number of hydrogen-bond acceptors (Lipinski definition) is 7. The van der Waals surface area contributed by atoms with Crippen molar-refractivity contribution in [3.8, 4) is 11.5 Å². The molecule has 0 atom stereocenters. The van der Waals surface area contributed by atoms with Gasteiger partial charge < -0.3 is 9.84 Å². The van der Waals surface area contributed by atoms with Crippen LogP contribution in [0.5, 0.6) is 11.5 Å². The van der Waals surface area contributed by atoms with Crippen molar-refractivity contribution in [1.29, 1.82) is 0 Å². The van der Waals surface area contributed by atoms with Gasteiger partial charge in [0, 0.05) is 18.9 Å². The maximum Gasteiger partial charge on any atom is 0.331 e. The monoisotopic (exact) mass is 334 g/mol. The first-order valence-corrected chi connectivity index (χ1v) is 6.73. The van der Waals surface area contributed by atoms with E-state index in [0.29, 0.717) is 4.90 Å². The number of rotatable bonds is 4. The largest absolute Gasteiger partial charge is 0.865 e. The van der Waals surface area contributed by atoms with Crippen LogP contribution in [0.1, 0.15) is 12.5 Å². The Labute approximate surface area is 135 Å². The number of nitro benzene ring substituents is 1. The molecule has 4 amide bonds. The van der Waals surface area contributed by atoms with Crippen LogP contribution in [0.2, 0.25) is 0 Å². The van der Waals surface area contributed by atoms with Crippen molar-refractivity contribution in [2.45, 2.75) is 6.92 Å². The number of hydrogen-bond donors (Lipinski definition) is 1. The Morgan fingerprint density at radius 1 is 1.33 bits per heavy atom. The third kappa shape index (κ3) is 3.02. The summed E-state index contributed by atoms with van der Waals surface area (Å²) < 4.78 is 5.05. The van der Waals surface area contributed by atoms with Crippen LogP contribution in [0.3, 0.4) is 0 Å². The van der Waals surface area contributed by atoms with Crippen LogP contribution in [0.25, 0.3) is 6.08 Å². The van der Waals surface area contributed by atoms with Gasteiger partial charge in [0.1, 0.15) is 11.3 Å². The number of amides is 4. The van der Waals surface area contributed by atoms with Crippen LogP contribution in [-0.4, -0.2) is 41.3 Å². The number of imide groups is 2. The normalized spacial score (nSPS) is 16.3. The minimum atomic E-state index is -0.935. The number of carbonyl (C=O) groups is 3. The van der Waals surface area contributed by atoms with E-state index >= 15 is 0 Å². The molecule has 1 N–H and O–H groups in total. The summed E-state index contributed by atoms with van der Waals surface area (Å²) in [5, 5.41) is 24.8. The predicted octanol–water partition coefficient (Wildman–Crippen LogP) is 0.159. The molecule has 1 fully saturated rings. The van der Waals surface area contributed by atoms with Gasteiger partial charge in [-0.3, -0.25) is 29.9 Å². The molecule has 1 aromatic rings. The van der Waals surface area contributed by atoms with E-state index in [2.05, 4.69) is 0 Å². The van der Waals surface area contributed by atoms with Gasteiger partial charge in [-0.2, -0.15) is 0 Å². The average molecular weight is 334 g/mol. The Morgan fingerprint density at radius 2 is 2.00 bits per heavy atom. The highest BCUT2D eigenvalue weighted by atomic mass is 16.6. The predicted molar refractivity (Wildman–Crippen MR) is 78.0 cm³/mol. The minimum absolute atomic E-state index is 0.0472. The van der Waals surface area contributed by atoms with Crippen molar-refractivity contribution in [1.82, 2.24) is 10.2 Å². The molecule has 1 saturated heterocycles. The van der Waals surface area contributed by atoms with Gasteiger partial charge >= 0.3 is 6.03 Å². The first kappa shape index (κ1) is 16.9. The minimum Gasteiger partial charge on any atom is -0.865 e. The number of benzene rings is 1. The molecule has 1 aliphatic rings. The summed E-state index contributed by atoms with van der Waals surface area (Å²) in [5.74, 6) is -2.98. The summed E-state index contributed by atoms with van der Waals surface area (Å²) in [6.07, 6.45) is 1.05. The second kappa shape index (κ2) is 6.36. The summed E-state index contributed by atoms with van der Waals surface area (Å²) in [4.78, 5) is 45.9. The summed E-state index contributed by atoms with van der Waals surface area (Å²) in [5.41, 5.74) is -1.10. The van der Waals surface area contributed by atoms with E-state index in [9.17, 15) is 29.6 Å². The number of nitrogens with one attached hydrogen (secondary N) is 1. The quantitative estimate of drug-likeness (QED) is 0.357. The first-order valence-electron chi connectivity index (χ1n) is 6.73. The van der Waals surface area contributed by atoms with Crippen molar-refractivity contribution in [3.63, 3.8) is 0 Å². The topological polar surface area (TPSA) is 142 Å². The maximum atomic E-state index is 12.0. The molecular formula is C14H12N3O7-. The van der Waals surface area contributed by atoms with E-state index in [1.807, 2.05) is 5.32 Å². The second-order valence-electron chi connectivity index (χ2n) is 4.74. The Kier molecular flexibility index (Phi) is 4.49. The molecule has 1 aromatic carbocycles. The van der Waals surface area contributed by atoms with Crippen LogP contribution < -0.4 is 15.2 Å². The fraction of sp³-hybridized carbons (Fsp3) is 0.214. The Morgan fingerprint density at radius 3 is 2.58 bits per heavy atom. The van der Waals surface area contributed by atoms with E-state index in [4.69, 9.17) is 4.74 Å². The highest BCUT2D eigenvalue weighted by Gasteiger charge is 2.33. The molecule has 2 rings (SSSR count). The summed E-state index contributed by atoms with van der Waals surface area (Å²) in [6.45, 7) is 1.69. The number of carbonyl (C=O) groups excluding carboxylic acids is 3. The Hall–Kier alpha value is -3.43. The number of nitro groups is 1. The van der Waals surface area contributed by atoms with Gasteiger partial charge in [0.15, 0.2) is 0 Å². The highest BCUT2D eigenvalue weighted by Crippen LogP contribution is 2.35. The first-order chi connectivity index (χ1) is 11.3. The number of likely N-dealkylation sites (N-methyl/N-ethyl adjacent to an activating group) is 1. The van der Waals surface area contributed by atoms with Crippen molar-refractivity contribution in [3.05, 3.63) is 33.4 Å². The third-order valence-electron chi connectivity index (χ3n) is 3.17. The van der Waals surface area contributed by atoms with Crippen molar-refractivity contribution in [2.75, 3.05) is 13.7 Å². The molecule has 0 aliphatic carbocycles. The molecule has 0 aromatic heterocycles. The molecule has 0 saturated carbocycles.